The monoisotopic (exact) mass is 267 g/mol. The maximum Gasteiger partial charge on any atom is 0.236 e. The molecule has 2 fully saturated rings. The second-order valence-corrected chi connectivity index (χ2v) is 6.31. The van der Waals surface area contributed by atoms with Gasteiger partial charge in [0.25, 0.3) is 0 Å². The highest BCUT2D eigenvalue weighted by Crippen LogP contribution is 2.20. The summed E-state index contributed by atoms with van der Waals surface area (Å²) in [6.07, 6.45) is 4.75. The largest absolute Gasteiger partial charge is 0.339 e. The molecular weight excluding hydrogens is 238 g/mol. The topological polar surface area (TPSA) is 35.6 Å². The van der Waals surface area contributed by atoms with Crippen LogP contribution in [-0.4, -0.2) is 60.0 Å². The van der Waals surface area contributed by atoms with Gasteiger partial charge in [-0.2, -0.15) is 0 Å². The van der Waals surface area contributed by atoms with Gasteiger partial charge in [-0.15, -0.1) is 0 Å². The summed E-state index contributed by atoms with van der Waals surface area (Å²) in [5.41, 5.74) is 0. The molecule has 0 aliphatic carbocycles. The van der Waals surface area contributed by atoms with Gasteiger partial charge in [0.2, 0.25) is 5.91 Å². The summed E-state index contributed by atoms with van der Waals surface area (Å²) in [5, 5.41) is 3.52. The first kappa shape index (κ1) is 14.8. The van der Waals surface area contributed by atoms with Gasteiger partial charge >= 0.3 is 0 Å². The van der Waals surface area contributed by atoms with Gasteiger partial charge in [0.05, 0.1) is 6.54 Å². The van der Waals surface area contributed by atoms with Crippen LogP contribution in [0.2, 0.25) is 0 Å². The van der Waals surface area contributed by atoms with Crippen LogP contribution in [0.25, 0.3) is 0 Å². The summed E-state index contributed by atoms with van der Waals surface area (Å²) in [6, 6.07) is 1.46. The molecule has 0 spiro atoms. The number of carbonyl (C=O) groups is 1. The van der Waals surface area contributed by atoms with Crippen LogP contribution in [0.3, 0.4) is 0 Å². The Kier molecular flexibility index (Phi) is 5.22. The number of carbonyl (C=O) groups excluding carboxylic acids is 1. The maximum absolute atomic E-state index is 12.5. The lowest BCUT2D eigenvalue weighted by Gasteiger charge is -2.39. The molecule has 2 rings (SSSR count). The predicted octanol–water partition coefficient (Wildman–Crippen LogP) is 1.46. The minimum Gasteiger partial charge on any atom is -0.339 e. The predicted molar refractivity (Wildman–Crippen MR) is 78.1 cm³/mol. The molecule has 4 heteroatoms. The standard InChI is InChI=1S/C15H29N3O/c1-4-14-7-5-6-8-18(14)15(19)11-17-9-12(2)16-13(3)10-17/h12-14,16H,4-11H2,1-3H3. The van der Waals surface area contributed by atoms with E-state index in [1.54, 1.807) is 0 Å². The number of hydrogen-bond donors (Lipinski definition) is 1. The fourth-order valence-electron chi connectivity index (χ4n) is 3.60. The van der Waals surface area contributed by atoms with Crippen LogP contribution in [0.15, 0.2) is 0 Å². The molecule has 0 saturated carbocycles. The summed E-state index contributed by atoms with van der Waals surface area (Å²) >= 11 is 0. The molecule has 2 heterocycles. The van der Waals surface area contributed by atoms with Crippen LogP contribution in [0, 0.1) is 0 Å². The molecule has 110 valence electrons. The van der Waals surface area contributed by atoms with Crippen LogP contribution >= 0.6 is 0 Å². The Hall–Kier alpha value is -0.610. The zero-order chi connectivity index (χ0) is 13.8. The number of nitrogens with zero attached hydrogens (tertiary/aromatic N) is 2. The summed E-state index contributed by atoms with van der Waals surface area (Å²) in [5.74, 6) is 0.341. The first-order valence-electron chi connectivity index (χ1n) is 7.88. The minimum atomic E-state index is 0.341. The van der Waals surface area contributed by atoms with E-state index in [0.29, 0.717) is 30.6 Å². The molecule has 0 bridgehead atoms. The van der Waals surface area contributed by atoms with Gasteiger partial charge in [-0.1, -0.05) is 6.92 Å². The summed E-state index contributed by atoms with van der Waals surface area (Å²) in [6.45, 7) is 10.1. The molecule has 2 aliphatic heterocycles. The van der Waals surface area contributed by atoms with Crippen LogP contribution in [0.1, 0.15) is 46.5 Å². The van der Waals surface area contributed by atoms with Crippen LogP contribution in [0.4, 0.5) is 0 Å². The van der Waals surface area contributed by atoms with Crippen LogP contribution in [0.5, 0.6) is 0 Å². The average molecular weight is 267 g/mol. The molecule has 2 saturated heterocycles. The minimum absolute atomic E-state index is 0.341. The van der Waals surface area contributed by atoms with E-state index in [2.05, 4.69) is 35.9 Å². The molecule has 1 N–H and O–H groups in total. The molecule has 2 aliphatic rings. The molecule has 0 radical (unpaired) electrons. The Balaban J connectivity index is 1.88. The second-order valence-electron chi connectivity index (χ2n) is 6.31. The number of hydrogen-bond acceptors (Lipinski definition) is 3. The Bertz CT molecular complexity index is 298. The zero-order valence-corrected chi connectivity index (χ0v) is 12.7. The molecule has 4 nitrogen and oxygen atoms in total. The molecule has 0 aromatic rings. The molecule has 3 atom stereocenters. The number of amides is 1. The smallest absolute Gasteiger partial charge is 0.236 e. The van der Waals surface area contributed by atoms with Crippen molar-refractivity contribution in [2.45, 2.75) is 64.6 Å². The number of rotatable bonds is 3. The Morgan fingerprint density at radius 3 is 2.53 bits per heavy atom. The van der Waals surface area contributed by atoms with Crippen molar-refractivity contribution in [2.75, 3.05) is 26.2 Å². The SMILES string of the molecule is CCC1CCCCN1C(=O)CN1CC(C)NC(C)C1. The fourth-order valence-corrected chi connectivity index (χ4v) is 3.60. The van der Waals surface area contributed by atoms with Crippen molar-refractivity contribution in [3.63, 3.8) is 0 Å². The van der Waals surface area contributed by atoms with E-state index in [1.807, 2.05) is 0 Å². The van der Waals surface area contributed by atoms with Gasteiger partial charge in [-0.25, -0.2) is 0 Å². The van der Waals surface area contributed by atoms with Crippen molar-refractivity contribution in [2.24, 2.45) is 0 Å². The van der Waals surface area contributed by atoms with Crippen molar-refractivity contribution in [1.82, 2.24) is 15.1 Å². The zero-order valence-electron chi connectivity index (χ0n) is 12.7. The molecule has 0 aromatic heterocycles. The molecule has 19 heavy (non-hydrogen) atoms. The summed E-state index contributed by atoms with van der Waals surface area (Å²) < 4.78 is 0. The average Bonchev–Trinajstić information content (AvgIpc) is 2.37. The number of nitrogens with one attached hydrogen (secondary N) is 1. The molecule has 3 unspecified atom stereocenters. The quantitative estimate of drug-likeness (QED) is 0.841. The van der Waals surface area contributed by atoms with Crippen molar-refractivity contribution in [3.8, 4) is 0 Å². The van der Waals surface area contributed by atoms with Gasteiger partial charge in [0.15, 0.2) is 0 Å². The van der Waals surface area contributed by atoms with Gasteiger partial charge in [0.1, 0.15) is 0 Å². The third-order valence-corrected chi connectivity index (χ3v) is 4.41. The lowest BCUT2D eigenvalue weighted by molar-refractivity contribution is -0.136. The number of piperazine rings is 1. The summed E-state index contributed by atoms with van der Waals surface area (Å²) in [7, 11) is 0. The molecular formula is C15H29N3O. The van der Waals surface area contributed by atoms with E-state index < -0.39 is 0 Å². The first-order chi connectivity index (χ1) is 9.10. The van der Waals surface area contributed by atoms with E-state index in [-0.39, 0.29) is 0 Å². The highest BCUT2D eigenvalue weighted by atomic mass is 16.2. The van der Waals surface area contributed by atoms with E-state index >= 15 is 0 Å². The maximum atomic E-state index is 12.5. The van der Waals surface area contributed by atoms with Gasteiger partial charge < -0.3 is 10.2 Å². The van der Waals surface area contributed by atoms with Crippen LogP contribution < -0.4 is 5.32 Å². The molecule has 0 aromatic carbocycles. The Morgan fingerprint density at radius 1 is 1.21 bits per heavy atom. The normalized spacial score (nSPS) is 33.4. The fraction of sp³-hybridized carbons (Fsp3) is 0.933. The van der Waals surface area contributed by atoms with Gasteiger partial charge in [-0.3, -0.25) is 9.69 Å². The highest BCUT2D eigenvalue weighted by Gasteiger charge is 2.28. The third-order valence-electron chi connectivity index (χ3n) is 4.41. The number of likely N-dealkylation sites (tertiary alicyclic amines) is 1. The van der Waals surface area contributed by atoms with Crippen molar-refractivity contribution >= 4 is 5.91 Å². The van der Waals surface area contributed by atoms with E-state index in [0.717, 1.165) is 26.1 Å². The van der Waals surface area contributed by atoms with Gasteiger partial charge in [-0.05, 0) is 39.5 Å². The van der Waals surface area contributed by atoms with E-state index in [9.17, 15) is 4.79 Å². The van der Waals surface area contributed by atoms with Gasteiger partial charge in [0, 0.05) is 37.8 Å². The van der Waals surface area contributed by atoms with Crippen molar-refractivity contribution < 1.29 is 4.79 Å². The summed E-state index contributed by atoms with van der Waals surface area (Å²) in [4.78, 5) is 17.0. The number of piperidine rings is 1. The van der Waals surface area contributed by atoms with Crippen molar-refractivity contribution in [1.29, 1.82) is 0 Å². The Labute approximate surface area is 117 Å². The lowest BCUT2D eigenvalue weighted by atomic mass is 10.00. The first-order valence-corrected chi connectivity index (χ1v) is 7.88. The third kappa shape index (κ3) is 3.93. The van der Waals surface area contributed by atoms with Crippen LogP contribution in [-0.2, 0) is 4.79 Å². The van der Waals surface area contributed by atoms with E-state index in [1.165, 1.54) is 19.3 Å². The molecule has 1 amide bonds. The van der Waals surface area contributed by atoms with Crippen molar-refractivity contribution in [3.05, 3.63) is 0 Å². The van der Waals surface area contributed by atoms with E-state index in [4.69, 9.17) is 0 Å². The lowest BCUT2D eigenvalue weighted by Crippen LogP contribution is -2.57. The highest BCUT2D eigenvalue weighted by molar-refractivity contribution is 5.78. The Morgan fingerprint density at radius 2 is 1.89 bits per heavy atom. The second kappa shape index (κ2) is 6.71.